The zero-order valence-electron chi connectivity index (χ0n) is 10.6. The number of hydrogen-bond donors (Lipinski definition) is 1. The molecule has 0 saturated carbocycles. The number of hydrogen-bond acceptors (Lipinski definition) is 5. The van der Waals surface area contributed by atoms with E-state index in [0.717, 1.165) is 17.0 Å². The van der Waals surface area contributed by atoms with Crippen molar-refractivity contribution < 1.29 is 9.72 Å². The fraction of sp³-hybridized carbons (Fsp3) is 0.0769. The molecule has 1 N–H and O–H groups in total. The number of carbonyl (C=O) groups excluding carboxylic acids is 1. The molecule has 0 aliphatic carbocycles. The Balaban J connectivity index is 2.00. The summed E-state index contributed by atoms with van der Waals surface area (Å²) in [6.45, 7) is 1.83. The molecule has 0 aliphatic rings. The van der Waals surface area contributed by atoms with E-state index in [0.29, 0.717) is 10.6 Å². The minimum absolute atomic E-state index is 0.0508. The van der Waals surface area contributed by atoms with Gasteiger partial charge in [-0.2, -0.15) is 0 Å². The summed E-state index contributed by atoms with van der Waals surface area (Å²) in [6.07, 6.45) is 4.49. The van der Waals surface area contributed by atoms with E-state index in [2.05, 4.69) is 10.3 Å². The molecule has 0 radical (unpaired) electrons. The average molecular weight is 289 g/mol. The van der Waals surface area contributed by atoms with Gasteiger partial charge in [0.15, 0.2) is 0 Å². The van der Waals surface area contributed by atoms with Gasteiger partial charge in [-0.3, -0.25) is 19.9 Å². The minimum Gasteiger partial charge on any atom is -0.322 e. The Labute approximate surface area is 118 Å². The Morgan fingerprint density at radius 1 is 1.45 bits per heavy atom. The molecule has 0 bridgehead atoms. The van der Waals surface area contributed by atoms with Gasteiger partial charge in [0.05, 0.1) is 4.92 Å². The van der Waals surface area contributed by atoms with Gasteiger partial charge in [-0.25, -0.2) is 0 Å². The fourth-order valence-electron chi connectivity index (χ4n) is 1.49. The second-order valence-corrected chi connectivity index (χ2v) is 5.04. The van der Waals surface area contributed by atoms with Crippen molar-refractivity contribution in [2.75, 3.05) is 5.32 Å². The van der Waals surface area contributed by atoms with Crippen molar-refractivity contribution in [1.82, 2.24) is 4.98 Å². The lowest BCUT2D eigenvalue weighted by Crippen LogP contribution is -2.07. The summed E-state index contributed by atoms with van der Waals surface area (Å²) in [6, 6.07) is 6.45. The maximum atomic E-state index is 11.7. The first kappa shape index (κ1) is 13.9. The van der Waals surface area contributed by atoms with Crippen LogP contribution in [0.3, 0.4) is 0 Å². The van der Waals surface area contributed by atoms with E-state index in [9.17, 15) is 14.9 Å². The molecule has 20 heavy (non-hydrogen) atoms. The van der Waals surface area contributed by atoms with Crippen LogP contribution in [-0.2, 0) is 4.79 Å². The standard InChI is InChI=1S/C13H11N3O3S/c1-9-8-10(6-7-14-9)15-12(17)4-2-11-3-5-13(20-11)16(18)19/h2-8H,1H3,(H,14,15,17)/b4-2+. The van der Waals surface area contributed by atoms with Crippen molar-refractivity contribution in [3.63, 3.8) is 0 Å². The summed E-state index contributed by atoms with van der Waals surface area (Å²) in [5.41, 5.74) is 1.46. The monoisotopic (exact) mass is 289 g/mol. The van der Waals surface area contributed by atoms with Crippen LogP contribution < -0.4 is 5.32 Å². The number of nitrogens with one attached hydrogen (secondary N) is 1. The van der Waals surface area contributed by atoms with E-state index < -0.39 is 4.92 Å². The second kappa shape index (κ2) is 6.07. The van der Waals surface area contributed by atoms with Crippen LogP contribution in [0, 0.1) is 17.0 Å². The topological polar surface area (TPSA) is 85.1 Å². The number of anilines is 1. The van der Waals surface area contributed by atoms with Crippen LogP contribution in [0.25, 0.3) is 6.08 Å². The maximum absolute atomic E-state index is 11.7. The van der Waals surface area contributed by atoms with E-state index in [1.165, 1.54) is 12.1 Å². The summed E-state index contributed by atoms with van der Waals surface area (Å²) in [4.78, 5) is 26.4. The molecule has 0 spiro atoms. The summed E-state index contributed by atoms with van der Waals surface area (Å²) < 4.78 is 0. The first-order valence-corrected chi connectivity index (χ1v) is 6.52. The largest absolute Gasteiger partial charge is 0.324 e. The summed E-state index contributed by atoms with van der Waals surface area (Å²) in [7, 11) is 0. The number of amides is 1. The molecule has 102 valence electrons. The molecule has 6 nitrogen and oxygen atoms in total. The van der Waals surface area contributed by atoms with E-state index >= 15 is 0 Å². The highest BCUT2D eigenvalue weighted by molar-refractivity contribution is 7.16. The third kappa shape index (κ3) is 3.72. The second-order valence-electron chi connectivity index (χ2n) is 3.94. The first-order chi connectivity index (χ1) is 9.54. The lowest BCUT2D eigenvalue weighted by Gasteiger charge is -2.01. The van der Waals surface area contributed by atoms with Crippen molar-refractivity contribution >= 4 is 34.0 Å². The highest BCUT2D eigenvalue weighted by atomic mass is 32.1. The Bertz CT molecular complexity index is 679. The lowest BCUT2D eigenvalue weighted by atomic mass is 10.3. The van der Waals surface area contributed by atoms with Crippen molar-refractivity contribution in [3.8, 4) is 0 Å². The number of rotatable bonds is 4. The molecular formula is C13H11N3O3S. The Hall–Kier alpha value is -2.54. The molecule has 0 aromatic carbocycles. The molecule has 2 heterocycles. The van der Waals surface area contributed by atoms with Crippen molar-refractivity contribution in [2.45, 2.75) is 6.92 Å². The minimum atomic E-state index is -0.457. The van der Waals surface area contributed by atoms with Crippen LogP contribution in [0.1, 0.15) is 10.6 Å². The molecule has 1 amide bonds. The summed E-state index contributed by atoms with van der Waals surface area (Å²) in [5.74, 6) is -0.299. The number of thiophene rings is 1. The van der Waals surface area contributed by atoms with Crippen LogP contribution in [-0.4, -0.2) is 15.8 Å². The van der Waals surface area contributed by atoms with Gasteiger partial charge < -0.3 is 5.32 Å². The molecule has 0 aliphatic heterocycles. The van der Waals surface area contributed by atoms with Crippen LogP contribution in [0.5, 0.6) is 0 Å². The van der Waals surface area contributed by atoms with Gasteiger partial charge in [0.25, 0.3) is 0 Å². The van der Waals surface area contributed by atoms with Crippen LogP contribution in [0.15, 0.2) is 36.5 Å². The van der Waals surface area contributed by atoms with Gasteiger partial charge in [0, 0.05) is 34.6 Å². The van der Waals surface area contributed by atoms with E-state index in [1.54, 1.807) is 30.5 Å². The van der Waals surface area contributed by atoms with Gasteiger partial charge in [-0.1, -0.05) is 11.3 Å². The molecule has 0 atom stereocenters. The average Bonchev–Trinajstić information content (AvgIpc) is 2.85. The quantitative estimate of drug-likeness (QED) is 0.532. The van der Waals surface area contributed by atoms with Crippen LogP contribution in [0.4, 0.5) is 10.7 Å². The molecule has 0 unspecified atom stereocenters. The maximum Gasteiger partial charge on any atom is 0.324 e. The van der Waals surface area contributed by atoms with Gasteiger partial charge in [-0.05, 0) is 31.2 Å². The zero-order chi connectivity index (χ0) is 14.5. The molecule has 2 aromatic heterocycles. The van der Waals surface area contributed by atoms with Crippen molar-refractivity contribution in [1.29, 1.82) is 0 Å². The Kier molecular flexibility index (Phi) is 4.21. The molecule has 2 rings (SSSR count). The molecule has 0 saturated heterocycles. The number of carbonyl (C=O) groups is 1. The summed E-state index contributed by atoms with van der Waals surface area (Å²) >= 11 is 1.02. The Morgan fingerprint density at radius 2 is 2.25 bits per heavy atom. The Morgan fingerprint density at radius 3 is 2.90 bits per heavy atom. The fourth-order valence-corrected chi connectivity index (χ4v) is 2.22. The predicted molar refractivity (Wildman–Crippen MR) is 77.6 cm³/mol. The summed E-state index contributed by atoms with van der Waals surface area (Å²) in [5, 5.41) is 13.3. The molecular weight excluding hydrogens is 278 g/mol. The van der Waals surface area contributed by atoms with Crippen LogP contribution in [0.2, 0.25) is 0 Å². The third-order valence-corrected chi connectivity index (χ3v) is 3.36. The molecule has 7 heteroatoms. The van der Waals surface area contributed by atoms with E-state index in [1.807, 2.05) is 6.92 Å². The SMILES string of the molecule is Cc1cc(NC(=O)/C=C/c2ccc([N+](=O)[O-])s2)ccn1. The number of nitro groups is 1. The number of nitrogens with zero attached hydrogens (tertiary/aromatic N) is 2. The van der Waals surface area contributed by atoms with E-state index in [4.69, 9.17) is 0 Å². The van der Waals surface area contributed by atoms with Crippen molar-refractivity contribution in [2.24, 2.45) is 0 Å². The smallest absolute Gasteiger partial charge is 0.322 e. The van der Waals surface area contributed by atoms with Gasteiger partial charge >= 0.3 is 5.00 Å². The van der Waals surface area contributed by atoms with E-state index in [-0.39, 0.29) is 10.9 Å². The zero-order valence-corrected chi connectivity index (χ0v) is 11.4. The van der Waals surface area contributed by atoms with Gasteiger partial charge in [-0.15, -0.1) is 0 Å². The highest BCUT2D eigenvalue weighted by Gasteiger charge is 2.07. The van der Waals surface area contributed by atoms with Gasteiger partial charge in [0.2, 0.25) is 5.91 Å². The van der Waals surface area contributed by atoms with Crippen molar-refractivity contribution in [3.05, 3.63) is 57.2 Å². The normalized spacial score (nSPS) is 10.7. The molecule has 2 aromatic rings. The number of aromatic nitrogens is 1. The number of pyridine rings is 1. The third-order valence-electron chi connectivity index (χ3n) is 2.36. The predicted octanol–water partition coefficient (Wildman–Crippen LogP) is 3.01. The molecule has 0 fully saturated rings. The number of aryl methyl sites for hydroxylation is 1. The first-order valence-electron chi connectivity index (χ1n) is 5.70. The van der Waals surface area contributed by atoms with Crippen LogP contribution >= 0.6 is 11.3 Å². The lowest BCUT2D eigenvalue weighted by molar-refractivity contribution is -0.380. The highest BCUT2D eigenvalue weighted by Crippen LogP contribution is 2.24. The van der Waals surface area contributed by atoms with Gasteiger partial charge in [0.1, 0.15) is 0 Å².